The van der Waals surface area contributed by atoms with Crippen LogP contribution in [-0.4, -0.2) is 67.2 Å². The van der Waals surface area contributed by atoms with Crippen molar-refractivity contribution in [1.82, 2.24) is 9.88 Å². The number of ether oxygens (including phenoxy) is 2. The van der Waals surface area contributed by atoms with E-state index in [4.69, 9.17) is 14.5 Å². The summed E-state index contributed by atoms with van der Waals surface area (Å²) in [6, 6.07) is 11.8. The van der Waals surface area contributed by atoms with Gasteiger partial charge in [0.1, 0.15) is 5.75 Å². The maximum Gasteiger partial charge on any atom is 0.269 e. The van der Waals surface area contributed by atoms with Crippen molar-refractivity contribution >= 4 is 56.8 Å². The molecule has 0 aliphatic carbocycles. The predicted octanol–water partition coefficient (Wildman–Crippen LogP) is 4.40. The molecule has 0 radical (unpaired) electrons. The SMILES string of the molecule is COc1ccc2sc(N(CCCN3CCOCC3)C(=O)C=Cc3ccc([N+](=O)[O-])cc3)nc2c1.Cl. The number of nitrogens with zero attached hydrogens (tertiary/aromatic N) is 4. The molecule has 1 aromatic heterocycles. The van der Waals surface area contributed by atoms with Crippen molar-refractivity contribution in [2.24, 2.45) is 0 Å². The van der Waals surface area contributed by atoms with Crippen LogP contribution in [0.5, 0.6) is 5.75 Å². The van der Waals surface area contributed by atoms with Gasteiger partial charge in [0.2, 0.25) is 0 Å². The van der Waals surface area contributed by atoms with Gasteiger partial charge in [-0.2, -0.15) is 0 Å². The lowest BCUT2D eigenvalue weighted by Gasteiger charge is -2.27. The van der Waals surface area contributed by atoms with Crippen molar-refractivity contribution in [2.45, 2.75) is 6.42 Å². The van der Waals surface area contributed by atoms with Crippen LogP contribution in [0, 0.1) is 10.1 Å². The van der Waals surface area contributed by atoms with Crippen LogP contribution in [0.15, 0.2) is 48.5 Å². The molecule has 9 nitrogen and oxygen atoms in total. The number of carbonyl (C=O) groups excluding carboxylic acids is 1. The minimum Gasteiger partial charge on any atom is -0.497 e. The highest BCUT2D eigenvalue weighted by atomic mass is 35.5. The molecule has 0 spiro atoms. The van der Waals surface area contributed by atoms with Crippen LogP contribution >= 0.6 is 23.7 Å². The molecule has 186 valence electrons. The van der Waals surface area contributed by atoms with Gasteiger partial charge in [-0.15, -0.1) is 12.4 Å². The van der Waals surface area contributed by atoms with Crippen molar-refractivity contribution < 1.29 is 19.2 Å². The topological polar surface area (TPSA) is 98.0 Å². The Morgan fingerprint density at radius 1 is 1.26 bits per heavy atom. The molecule has 1 aliphatic heterocycles. The third-order valence-electron chi connectivity index (χ3n) is 5.56. The Morgan fingerprint density at radius 3 is 2.69 bits per heavy atom. The summed E-state index contributed by atoms with van der Waals surface area (Å²) >= 11 is 1.46. The van der Waals surface area contributed by atoms with E-state index in [1.807, 2.05) is 18.2 Å². The standard InChI is InChI=1S/C24H26N4O5S.ClH/c1-32-20-8-9-22-21(17-20)25-24(34-22)27(12-2-11-26-13-15-33-16-14-26)23(29)10-5-18-3-6-19(7-4-18)28(30)31;/h3-10,17H,2,11-16H2,1H3;1H. The number of thiazole rings is 1. The molecule has 0 saturated carbocycles. The molecule has 1 saturated heterocycles. The fourth-order valence-electron chi connectivity index (χ4n) is 3.68. The summed E-state index contributed by atoms with van der Waals surface area (Å²) < 4.78 is 11.7. The van der Waals surface area contributed by atoms with E-state index in [0.29, 0.717) is 23.0 Å². The average Bonchev–Trinajstić information content (AvgIpc) is 3.29. The molecule has 0 unspecified atom stereocenters. The number of carbonyl (C=O) groups is 1. The molecule has 0 bridgehead atoms. The molecule has 1 fully saturated rings. The summed E-state index contributed by atoms with van der Waals surface area (Å²) in [5.74, 6) is 0.527. The number of morpholine rings is 1. The number of fused-ring (bicyclic) bond motifs is 1. The van der Waals surface area contributed by atoms with Gasteiger partial charge in [0, 0.05) is 50.5 Å². The zero-order chi connectivity index (χ0) is 23.9. The van der Waals surface area contributed by atoms with Gasteiger partial charge in [0.25, 0.3) is 11.6 Å². The number of benzene rings is 2. The third-order valence-corrected chi connectivity index (χ3v) is 6.62. The minimum atomic E-state index is -0.447. The van der Waals surface area contributed by atoms with Crippen LogP contribution in [-0.2, 0) is 9.53 Å². The number of amides is 1. The summed E-state index contributed by atoms with van der Waals surface area (Å²) in [5.41, 5.74) is 1.50. The molecular weight excluding hydrogens is 492 g/mol. The number of hydrogen-bond donors (Lipinski definition) is 0. The van der Waals surface area contributed by atoms with Gasteiger partial charge in [-0.25, -0.2) is 4.98 Å². The predicted molar refractivity (Wildman–Crippen MR) is 140 cm³/mol. The maximum atomic E-state index is 13.2. The van der Waals surface area contributed by atoms with E-state index in [-0.39, 0.29) is 24.0 Å². The third kappa shape index (κ3) is 6.98. The second-order valence-electron chi connectivity index (χ2n) is 7.81. The summed E-state index contributed by atoms with van der Waals surface area (Å²) in [6.45, 7) is 4.67. The van der Waals surface area contributed by atoms with Gasteiger partial charge >= 0.3 is 0 Å². The van der Waals surface area contributed by atoms with Gasteiger partial charge in [0.15, 0.2) is 5.13 Å². The lowest BCUT2D eigenvalue weighted by Crippen LogP contribution is -2.39. The maximum absolute atomic E-state index is 13.2. The summed E-state index contributed by atoms with van der Waals surface area (Å²) in [7, 11) is 1.61. The first-order valence-corrected chi connectivity index (χ1v) is 11.8. The van der Waals surface area contributed by atoms with Crippen LogP contribution in [0.1, 0.15) is 12.0 Å². The number of nitro benzene ring substituents is 1. The van der Waals surface area contributed by atoms with E-state index in [0.717, 1.165) is 49.5 Å². The van der Waals surface area contributed by atoms with E-state index in [1.54, 1.807) is 30.2 Å². The minimum absolute atomic E-state index is 0. The number of anilines is 1. The molecule has 0 N–H and O–H groups in total. The van der Waals surface area contributed by atoms with Gasteiger partial charge in [-0.05, 0) is 42.3 Å². The Bertz CT molecular complexity index is 1180. The summed E-state index contributed by atoms with van der Waals surface area (Å²) in [4.78, 5) is 32.3. The van der Waals surface area contributed by atoms with Gasteiger partial charge < -0.3 is 9.47 Å². The summed E-state index contributed by atoms with van der Waals surface area (Å²) in [5, 5.41) is 11.5. The first kappa shape index (κ1) is 26.6. The lowest BCUT2D eigenvalue weighted by molar-refractivity contribution is -0.384. The van der Waals surface area contributed by atoms with Crippen molar-refractivity contribution in [2.75, 3.05) is 51.4 Å². The number of non-ortho nitro benzene ring substituents is 1. The molecule has 35 heavy (non-hydrogen) atoms. The molecule has 1 aliphatic rings. The zero-order valence-corrected chi connectivity index (χ0v) is 20.9. The Kier molecular flexibility index (Phi) is 9.55. The summed E-state index contributed by atoms with van der Waals surface area (Å²) in [6.07, 6.45) is 3.95. The van der Waals surface area contributed by atoms with E-state index < -0.39 is 4.92 Å². The van der Waals surface area contributed by atoms with E-state index in [9.17, 15) is 14.9 Å². The molecule has 2 aromatic carbocycles. The largest absolute Gasteiger partial charge is 0.497 e. The van der Waals surface area contributed by atoms with Crippen LogP contribution in [0.3, 0.4) is 0 Å². The molecule has 3 aromatic rings. The van der Waals surface area contributed by atoms with Crippen LogP contribution in [0.25, 0.3) is 16.3 Å². The second-order valence-corrected chi connectivity index (χ2v) is 8.82. The quantitative estimate of drug-likeness (QED) is 0.235. The van der Waals surface area contributed by atoms with Gasteiger partial charge in [0.05, 0.1) is 35.5 Å². The fourth-order valence-corrected chi connectivity index (χ4v) is 4.66. The number of hydrogen-bond acceptors (Lipinski definition) is 8. The average molecular weight is 519 g/mol. The van der Waals surface area contributed by atoms with Gasteiger partial charge in [-0.1, -0.05) is 11.3 Å². The van der Waals surface area contributed by atoms with E-state index in [2.05, 4.69) is 4.90 Å². The smallest absolute Gasteiger partial charge is 0.269 e. The van der Waals surface area contributed by atoms with Crippen LogP contribution < -0.4 is 9.64 Å². The highest BCUT2D eigenvalue weighted by Crippen LogP contribution is 2.31. The fraction of sp³-hybridized carbons (Fsp3) is 0.333. The van der Waals surface area contributed by atoms with Crippen molar-refractivity contribution in [3.05, 3.63) is 64.2 Å². The molecule has 2 heterocycles. The van der Waals surface area contributed by atoms with Crippen LogP contribution in [0.4, 0.5) is 10.8 Å². The molecular formula is C24H27ClN4O5S. The number of aromatic nitrogens is 1. The number of rotatable bonds is 9. The normalized spacial score (nSPS) is 14.1. The van der Waals surface area contributed by atoms with Crippen molar-refractivity contribution in [3.8, 4) is 5.75 Å². The highest BCUT2D eigenvalue weighted by molar-refractivity contribution is 7.22. The Labute approximate surface area is 213 Å². The first-order chi connectivity index (χ1) is 16.5. The Hall–Kier alpha value is -3.05. The second kappa shape index (κ2) is 12.6. The zero-order valence-electron chi connectivity index (χ0n) is 19.3. The van der Waals surface area contributed by atoms with E-state index in [1.165, 1.54) is 29.5 Å². The Balaban J connectivity index is 0.00000342. The number of halogens is 1. The van der Waals surface area contributed by atoms with E-state index >= 15 is 0 Å². The van der Waals surface area contributed by atoms with Crippen molar-refractivity contribution in [1.29, 1.82) is 0 Å². The number of nitro groups is 1. The molecule has 11 heteroatoms. The van der Waals surface area contributed by atoms with Crippen molar-refractivity contribution in [3.63, 3.8) is 0 Å². The molecule has 1 amide bonds. The number of methoxy groups -OCH3 is 1. The molecule has 0 atom stereocenters. The monoisotopic (exact) mass is 518 g/mol. The van der Waals surface area contributed by atoms with Gasteiger partial charge in [-0.3, -0.25) is 24.7 Å². The highest BCUT2D eigenvalue weighted by Gasteiger charge is 2.19. The van der Waals surface area contributed by atoms with Crippen LogP contribution in [0.2, 0.25) is 0 Å². The molecule has 4 rings (SSSR count). The first-order valence-electron chi connectivity index (χ1n) is 11.0. The lowest BCUT2D eigenvalue weighted by atomic mass is 10.2. The Morgan fingerprint density at radius 2 is 2.00 bits per heavy atom.